The van der Waals surface area contributed by atoms with E-state index in [0.717, 1.165) is 77.6 Å². The molecule has 14 rings (SSSR count). The van der Waals surface area contributed by atoms with Crippen molar-refractivity contribution in [2.24, 2.45) is 0 Å². The molecule has 6 nitrogen and oxygen atoms in total. The van der Waals surface area contributed by atoms with Crippen molar-refractivity contribution in [3.63, 3.8) is 0 Å². The summed E-state index contributed by atoms with van der Waals surface area (Å²) in [7, 11) is 0. The van der Waals surface area contributed by atoms with Crippen LogP contribution in [0.3, 0.4) is 0 Å². The summed E-state index contributed by atoms with van der Waals surface area (Å²) in [5.41, 5.74) is 12.8. The average Bonchev–Trinajstić information content (AvgIpc) is 4.07. The van der Waals surface area contributed by atoms with Crippen molar-refractivity contribution >= 4 is 65.4 Å². The van der Waals surface area contributed by atoms with Crippen LogP contribution in [0.5, 0.6) is 0 Å². The van der Waals surface area contributed by atoms with E-state index in [2.05, 4.69) is 147 Å². The zero-order valence-electron chi connectivity index (χ0n) is 37.9. The maximum absolute atomic E-state index is 15.1. The smallest absolute Gasteiger partial charge is 0.166 e. The van der Waals surface area contributed by atoms with E-state index < -0.39 is 11.6 Å². The Labute approximate surface area is 405 Å². The Morgan fingerprint density at radius 2 is 0.662 bits per heavy atom. The number of fused-ring (bicyclic) bond motifs is 9. The second kappa shape index (κ2) is 16.0. The first-order valence-corrected chi connectivity index (χ1v) is 23.6. The number of nitrogens with zero attached hydrogens (tertiary/aromatic N) is 6. The predicted octanol–water partition coefficient (Wildman–Crippen LogP) is 16.1. The molecule has 4 aromatic heterocycles. The Hall–Kier alpha value is -9.53. The summed E-state index contributed by atoms with van der Waals surface area (Å²) in [4.78, 5) is 15.5. The van der Waals surface area contributed by atoms with Gasteiger partial charge in [-0.1, -0.05) is 146 Å². The fraction of sp³-hybridized carbons (Fsp3) is 0. The van der Waals surface area contributed by atoms with Gasteiger partial charge in [0.2, 0.25) is 0 Å². The first-order chi connectivity index (χ1) is 35.0. The van der Waals surface area contributed by atoms with Gasteiger partial charge in [-0.25, -0.2) is 23.7 Å². The second-order valence-electron chi connectivity index (χ2n) is 17.9. The lowest BCUT2D eigenvalue weighted by Crippen LogP contribution is -2.04. The zero-order valence-corrected chi connectivity index (χ0v) is 37.9. The Morgan fingerprint density at radius 3 is 1.13 bits per heavy atom. The van der Waals surface area contributed by atoms with E-state index in [0.29, 0.717) is 28.6 Å². The minimum Gasteiger partial charge on any atom is -0.309 e. The average molecular weight is 917 g/mol. The van der Waals surface area contributed by atoms with Crippen LogP contribution in [-0.2, 0) is 0 Å². The number of halogens is 2. The van der Waals surface area contributed by atoms with Gasteiger partial charge in [0.25, 0.3) is 0 Å². The van der Waals surface area contributed by atoms with Gasteiger partial charge in [0.1, 0.15) is 0 Å². The van der Waals surface area contributed by atoms with Gasteiger partial charge in [0.15, 0.2) is 29.1 Å². The third-order valence-electron chi connectivity index (χ3n) is 13.8. The highest BCUT2D eigenvalue weighted by Gasteiger charge is 2.23. The van der Waals surface area contributed by atoms with E-state index in [9.17, 15) is 4.39 Å². The van der Waals surface area contributed by atoms with Crippen LogP contribution in [0.1, 0.15) is 0 Å². The topological polar surface area (TPSA) is 53.5 Å². The monoisotopic (exact) mass is 916 g/mol. The molecule has 8 heteroatoms. The minimum absolute atomic E-state index is 0.461. The molecule has 0 radical (unpaired) electrons. The molecule has 10 aromatic carbocycles. The van der Waals surface area contributed by atoms with Gasteiger partial charge in [0.05, 0.1) is 38.8 Å². The summed E-state index contributed by atoms with van der Waals surface area (Å²) in [5, 5.41) is 6.77. The summed E-state index contributed by atoms with van der Waals surface area (Å²) in [6.07, 6.45) is 0. The van der Waals surface area contributed by atoms with Crippen LogP contribution in [0.25, 0.3) is 128 Å². The molecule has 0 saturated heterocycles. The predicted molar refractivity (Wildman–Crippen MR) is 285 cm³/mol. The molecule has 0 spiro atoms. The Balaban J connectivity index is 1.09. The number of rotatable bonds is 7. The van der Waals surface area contributed by atoms with Crippen LogP contribution in [0, 0.1) is 11.6 Å². The van der Waals surface area contributed by atoms with E-state index >= 15 is 4.39 Å². The summed E-state index contributed by atoms with van der Waals surface area (Å²) >= 11 is 0. The number of benzene rings is 10. The van der Waals surface area contributed by atoms with Crippen molar-refractivity contribution in [3.8, 4) is 62.4 Å². The molecule has 0 atom stereocenters. The van der Waals surface area contributed by atoms with Crippen molar-refractivity contribution in [2.75, 3.05) is 0 Å². The fourth-order valence-corrected chi connectivity index (χ4v) is 10.6. The third kappa shape index (κ3) is 6.49. The van der Waals surface area contributed by atoms with Crippen LogP contribution in [0.2, 0.25) is 0 Å². The van der Waals surface area contributed by atoms with Gasteiger partial charge in [-0.15, -0.1) is 0 Å². The molecule has 0 bridgehead atoms. The van der Waals surface area contributed by atoms with Crippen molar-refractivity contribution in [2.45, 2.75) is 0 Å². The van der Waals surface area contributed by atoms with E-state index in [1.165, 1.54) is 33.7 Å². The van der Waals surface area contributed by atoms with Gasteiger partial charge in [-0.2, -0.15) is 0 Å². The fourth-order valence-electron chi connectivity index (χ4n) is 10.6. The van der Waals surface area contributed by atoms with Crippen LogP contribution >= 0.6 is 0 Å². The van der Waals surface area contributed by atoms with Gasteiger partial charge in [-0.05, 0) is 96.1 Å². The molecule has 0 amide bonds. The van der Waals surface area contributed by atoms with E-state index in [1.807, 2.05) is 78.9 Å². The highest BCUT2D eigenvalue weighted by atomic mass is 19.2. The maximum atomic E-state index is 15.1. The summed E-state index contributed by atoms with van der Waals surface area (Å²) < 4.78 is 36.6. The van der Waals surface area contributed by atoms with Crippen molar-refractivity contribution < 1.29 is 8.78 Å². The van der Waals surface area contributed by atoms with Crippen molar-refractivity contribution in [1.82, 2.24) is 28.7 Å². The molecule has 0 aliphatic rings. The number of para-hydroxylation sites is 4. The molecular weight excluding hydrogens is 879 g/mol. The minimum atomic E-state index is -0.919. The van der Waals surface area contributed by atoms with Gasteiger partial charge < -0.3 is 13.7 Å². The van der Waals surface area contributed by atoms with E-state index in [4.69, 9.17) is 15.0 Å². The number of hydrogen-bond donors (Lipinski definition) is 0. The van der Waals surface area contributed by atoms with Crippen LogP contribution in [0.4, 0.5) is 8.78 Å². The molecule has 334 valence electrons. The van der Waals surface area contributed by atoms with Crippen LogP contribution in [0.15, 0.2) is 231 Å². The highest BCUT2D eigenvalue weighted by molar-refractivity contribution is 6.14. The molecule has 0 aliphatic heterocycles. The molecule has 0 fully saturated rings. The molecule has 71 heavy (non-hydrogen) atoms. The van der Waals surface area contributed by atoms with Gasteiger partial charge >= 0.3 is 0 Å². The molecule has 0 saturated carbocycles. The molecule has 0 N–H and O–H groups in total. The zero-order chi connectivity index (χ0) is 47.2. The normalized spacial score (nSPS) is 11.8. The standard InChI is InChI=1S/C63H38F2N6/c64-52-32-28-41(35-53(52)65)42-27-31-49(63-67-61(39-15-3-1-4-16-39)66-62(68-63)40-17-5-2-6-18-40)60(36-42)71-58-33-29-43(69-54-23-11-7-19-45(54)46-20-8-12-24-55(46)69)37-50(58)51-38-44(30-34-59(51)71)70-56-25-13-9-21-47(56)48-22-10-14-26-57(48)70/h1-38H. The highest BCUT2D eigenvalue weighted by Crippen LogP contribution is 2.42. The van der Waals surface area contributed by atoms with Crippen LogP contribution < -0.4 is 0 Å². The lowest BCUT2D eigenvalue weighted by Gasteiger charge is -2.17. The number of aromatic nitrogens is 6. The SMILES string of the molecule is Fc1ccc(-c2ccc(-c3nc(-c4ccccc4)nc(-c4ccccc4)n3)c(-n3c4ccc(-n5c6ccccc6c6ccccc65)cc4c4cc(-n5c6ccccc6c6ccccc65)ccc43)c2)cc1F. The maximum Gasteiger partial charge on any atom is 0.166 e. The van der Waals surface area contributed by atoms with Crippen molar-refractivity contribution in [3.05, 3.63) is 242 Å². The molecule has 14 aromatic rings. The van der Waals surface area contributed by atoms with Crippen LogP contribution in [-0.4, -0.2) is 28.7 Å². The lowest BCUT2D eigenvalue weighted by atomic mass is 10.0. The molecule has 4 heterocycles. The van der Waals surface area contributed by atoms with Crippen molar-refractivity contribution in [1.29, 1.82) is 0 Å². The Bertz CT molecular complexity index is 4100. The van der Waals surface area contributed by atoms with Gasteiger partial charge in [-0.3, -0.25) is 0 Å². The van der Waals surface area contributed by atoms with Gasteiger partial charge in [0, 0.05) is 60.4 Å². The molecule has 0 unspecified atom stereocenters. The lowest BCUT2D eigenvalue weighted by molar-refractivity contribution is 0.509. The first-order valence-electron chi connectivity index (χ1n) is 23.6. The molecular formula is C63H38F2N6. The largest absolute Gasteiger partial charge is 0.309 e. The Morgan fingerprint density at radius 1 is 0.268 bits per heavy atom. The summed E-state index contributed by atoms with van der Waals surface area (Å²) in [5.74, 6) is -0.308. The quantitative estimate of drug-likeness (QED) is 0.160. The summed E-state index contributed by atoms with van der Waals surface area (Å²) in [6, 6.07) is 77.4. The second-order valence-corrected chi connectivity index (χ2v) is 17.9. The molecule has 0 aliphatic carbocycles. The third-order valence-corrected chi connectivity index (χ3v) is 13.8. The Kier molecular flexibility index (Phi) is 9.16. The number of hydrogen-bond acceptors (Lipinski definition) is 3. The first kappa shape index (κ1) is 40.5. The summed E-state index contributed by atoms with van der Waals surface area (Å²) in [6.45, 7) is 0. The van der Waals surface area contributed by atoms with E-state index in [-0.39, 0.29) is 0 Å². The van der Waals surface area contributed by atoms with E-state index in [1.54, 1.807) is 6.07 Å².